The third-order valence-corrected chi connectivity index (χ3v) is 4.83. The minimum absolute atomic E-state index is 0.0556. The molecule has 2 fully saturated rings. The first-order chi connectivity index (χ1) is 11.6. The molecule has 3 rings (SSSR count). The summed E-state index contributed by atoms with van der Waals surface area (Å²) in [5.74, 6) is 0.185. The summed E-state index contributed by atoms with van der Waals surface area (Å²) in [4.78, 5) is 27.9. The van der Waals surface area contributed by atoms with E-state index >= 15 is 0 Å². The fourth-order valence-corrected chi connectivity index (χ4v) is 3.37. The van der Waals surface area contributed by atoms with Crippen LogP contribution in [0.5, 0.6) is 0 Å². The molecule has 1 atom stereocenters. The lowest BCUT2D eigenvalue weighted by atomic mass is 9.99. The van der Waals surface area contributed by atoms with Gasteiger partial charge in [0, 0.05) is 42.8 Å². The van der Waals surface area contributed by atoms with Gasteiger partial charge in [0.15, 0.2) is 0 Å². The molecule has 0 aliphatic carbocycles. The summed E-state index contributed by atoms with van der Waals surface area (Å²) >= 11 is 0. The molecule has 2 aliphatic rings. The maximum Gasteiger partial charge on any atom is 0.321 e. The third-order valence-electron chi connectivity index (χ3n) is 4.83. The van der Waals surface area contributed by atoms with Gasteiger partial charge in [0.2, 0.25) is 5.91 Å². The number of carbonyl (C=O) groups excluding carboxylic acids is 2. The summed E-state index contributed by atoms with van der Waals surface area (Å²) in [6.07, 6.45) is 2.89. The Kier molecular flexibility index (Phi) is 4.70. The number of urea groups is 1. The van der Waals surface area contributed by atoms with Gasteiger partial charge in [-0.25, -0.2) is 4.79 Å². The lowest BCUT2D eigenvalue weighted by molar-refractivity contribution is -0.117. The van der Waals surface area contributed by atoms with Crippen LogP contribution in [0.1, 0.15) is 32.6 Å². The predicted molar refractivity (Wildman–Crippen MR) is 91.6 cm³/mol. The molecule has 0 bridgehead atoms. The van der Waals surface area contributed by atoms with E-state index in [1.54, 1.807) is 9.80 Å². The molecular formula is C18H22N4O2. The quantitative estimate of drug-likeness (QED) is 0.907. The molecule has 2 heterocycles. The van der Waals surface area contributed by atoms with Crippen molar-refractivity contribution in [1.29, 1.82) is 5.26 Å². The highest BCUT2D eigenvalue weighted by Gasteiger charge is 2.29. The highest BCUT2D eigenvalue weighted by molar-refractivity contribution is 5.97. The smallest absolute Gasteiger partial charge is 0.321 e. The average Bonchev–Trinajstić information content (AvgIpc) is 2.94. The number of nitrogens with one attached hydrogen (secondary N) is 1. The van der Waals surface area contributed by atoms with Crippen LogP contribution in [0.15, 0.2) is 24.3 Å². The molecule has 1 aromatic carbocycles. The van der Waals surface area contributed by atoms with E-state index in [0.717, 1.165) is 24.9 Å². The van der Waals surface area contributed by atoms with Gasteiger partial charge in [-0.1, -0.05) is 6.07 Å². The number of amides is 3. The zero-order chi connectivity index (χ0) is 17.1. The van der Waals surface area contributed by atoms with Crippen molar-refractivity contribution in [1.82, 2.24) is 4.90 Å². The van der Waals surface area contributed by atoms with Crippen LogP contribution < -0.4 is 10.2 Å². The van der Waals surface area contributed by atoms with Crippen LogP contribution in [0.2, 0.25) is 0 Å². The van der Waals surface area contributed by atoms with Crippen LogP contribution in [0.4, 0.5) is 16.2 Å². The van der Waals surface area contributed by atoms with Crippen molar-refractivity contribution >= 4 is 23.3 Å². The molecule has 1 aromatic rings. The highest BCUT2D eigenvalue weighted by Crippen LogP contribution is 2.28. The van der Waals surface area contributed by atoms with E-state index in [0.29, 0.717) is 25.2 Å². The van der Waals surface area contributed by atoms with Gasteiger partial charge in [-0.15, -0.1) is 0 Å². The summed E-state index contributed by atoms with van der Waals surface area (Å²) in [7, 11) is 0. The molecule has 1 unspecified atom stereocenters. The molecule has 1 N–H and O–H groups in total. The largest absolute Gasteiger partial charge is 0.324 e. The van der Waals surface area contributed by atoms with Crippen molar-refractivity contribution in [3.05, 3.63) is 24.3 Å². The predicted octanol–water partition coefficient (Wildman–Crippen LogP) is 2.97. The standard InChI is InChI=1S/C18H22N4O2/c1-13-5-6-17(23)22(13)16-4-2-3-15(11-16)20-18(24)21-9-7-14(12-19)8-10-21/h2-4,11,13-14H,5-10H2,1H3,(H,20,24). The normalized spacial score (nSPS) is 21.7. The van der Waals surface area contributed by atoms with Crippen molar-refractivity contribution in [3.63, 3.8) is 0 Å². The SMILES string of the molecule is CC1CCC(=O)N1c1cccc(NC(=O)N2CCC(C#N)CC2)c1. The zero-order valence-corrected chi connectivity index (χ0v) is 13.9. The lowest BCUT2D eigenvalue weighted by Crippen LogP contribution is -2.40. The monoisotopic (exact) mass is 326 g/mol. The molecule has 6 nitrogen and oxygen atoms in total. The van der Waals surface area contributed by atoms with E-state index in [1.165, 1.54) is 0 Å². The minimum Gasteiger partial charge on any atom is -0.324 e. The number of likely N-dealkylation sites (tertiary alicyclic amines) is 1. The number of benzene rings is 1. The second kappa shape index (κ2) is 6.91. The fourth-order valence-electron chi connectivity index (χ4n) is 3.37. The summed E-state index contributed by atoms with van der Waals surface area (Å²) in [5, 5.41) is 11.8. The Morgan fingerprint density at radius 3 is 2.67 bits per heavy atom. The summed E-state index contributed by atoms with van der Waals surface area (Å²) < 4.78 is 0. The molecule has 2 aliphatic heterocycles. The first kappa shape index (κ1) is 16.3. The number of nitriles is 1. The molecule has 3 amide bonds. The van der Waals surface area contributed by atoms with Gasteiger partial charge in [0.05, 0.1) is 6.07 Å². The Hall–Kier alpha value is -2.55. The number of hydrogen-bond donors (Lipinski definition) is 1. The number of hydrogen-bond acceptors (Lipinski definition) is 3. The van der Waals surface area contributed by atoms with E-state index in [1.807, 2.05) is 31.2 Å². The van der Waals surface area contributed by atoms with Crippen molar-refractivity contribution in [2.75, 3.05) is 23.3 Å². The molecule has 0 saturated carbocycles. The van der Waals surface area contributed by atoms with Crippen LogP contribution in [0, 0.1) is 17.2 Å². The number of anilines is 2. The third kappa shape index (κ3) is 3.35. The van der Waals surface area contributed by atoms with Gasteiger partial charge in [-0.05, 0) is 44.4 Å². The maximum absolute atomic E-state index is 12.4. The van der Waals surface area contributed by atoms with Crippen molar-refractivity contribution in [2.24, 2.45) is 5.92 Å². The fraction of sp³-hybridized carbons (Fsp3) is 0.500. The number of carbonyl (C=O) groups is 2. The van der Waals surface area contributed by atoms with E-state index < -0.39 is 0 Å². The van der Waals surface area contributed by atoms with E-state index in [4.69, 9.17) is 5.26 Å². The van der Waals surface area contributed by atoms with Crippen LogP contribution in [0.3, 0.4) is 0 Å². The summed E-state index contributed by atoms with van der Waals surface area (Å²) in [6.45, 7) is 3.24. The molecular weight excluding hydrogens is 304 g/mol. The summed E-state index contributed by atoms with van der Waals surface area (Å²) in [6, 6.07) is 9.73. The second-order valence-corrected chi connectivity index (χ2v) is 6.52. The summed E-state index contributed by atoms with van der Waals surface area (Å²) in [5.41, 5.74) is 1.51. The zero-order valence-electron chi connectivity index (χ0n) is 13.9. The molecule has 2 saturated heterocycles. The molecule has 0 spiro atoms. The minimum atomic E-state index is -0.149. The Balaban J connectivity index is 1.66. The highest BCUT2D eigenvalue weighted by atomic mass is 16.2. The van der Waals surface area contributed by atoms with Gasteiger partial charge in [-0.3, -0.25) is 4.79 Å². The number of piperidine rings is 1. The van der Waals surface area contributed by atoms with Gasteiger partial charge in [0.25, 0.3) is 0 Å². The average molecular weight is 326 g/mol. The lowest BCUT2D eigenvalue weighted by Gasteiger charge is -2.29. The van der Waals surface area contributed by atoms with Gasteiger partial charge >= 0.3 is 6.03 Å². The Morgan fingerprint density at radius 2 is 2.04 bits per heavy atom. The Morgan fingerprint density at radius 1 is 1.29 bits per heavy atom. The number of nitrogens with zero attached hydrogens (tertiary/aromatic N) is 3. The second-order valence-electron chi connectivity index (χ2n) is 6.52. The van der Waals surface area contributed by atoms with Crippen molar-refractivity contribution in [3.8, 4) is 6.07 Å². The molecule has 0 aromatic heterocycles. The topological polar surface area (TPSA) is 76.4 Å². The van der Waals surface area contributed by atoms with Crippen LogP contribution in [-0.2, 0) is 4.79 Å². The van der Waals surface area contributed by atoms with Crippen molar-refractivity contribution < 1.29 is 9.59 Å². The van der Waals surface area contributed by atoms with Crippen LogP contribution >= 0.6 is 0 Å². The molecule has 126 valence electrons. The van der Waals surface area contributed by atoms with E-state index in [9.17, 15) is 9.59 Å². The molecule has 6 heteroatoms. The first-order valence-corrected chi connectivity index (χ1v) is 8.46. The Bertz CT molecular complexity index is 674. The maximum atomic E-state index is 12.4. The molecule has 24 heavy (non-hydrogen) atoms. The van der Waals surface area contributed by atoms with Gasteiger partial charge in [-0.2, -0.15) is 5.26 Å². The van der Waals surface area contributed by atoms with Gasteiger partial charge in [0.1, 0.15) is 0 Å². The number of rotatable bonds is 2. The van der Waals surface area contributed by atoms with Crippen molar-refractivity contribution in [2.45, 2.75) is 38.6 Å². The van der Waals surface area contributed by atoms with Crippen LogP contribution in [0.25, 0.3) is 0 Å². The molecule has 0 radical (unpaired) electrons. The first-order valence-electron chi connectivity index (χ1n) is 8.46. The van der Waals surface area contributed by atoms with E-state index in [-0.39, 0.29) is 23.9 Å². The van der Waals surface area contributed by atoms with E-state index in [2.05, 4.69) is 11.4 Å². The van der Waals surface area contributed by atoms with Gasteiger partial charge < -0.3 is 15.1 Å². The Labute approximate surface area is 142 Å². The van der Waals surface area contributed by atoms with Crippen LogP contribution in [-0.4, -0.2) is 36.0 Å².